The van der Waals surface area contributed by atoms with Crippen LogP contribution in [0.2, 0.25) is 0 Å². The molecule has 1 nitrogen and oxygen atoms in total. The standard InChI is InChI=1S/C18H24O/c1-3-5-9-15-13-14-10-7-8-12-16(14)17(18(15)19)11-6-4-2/h7-8,10,12-13,19H,3-6,9,11H2,1-2H3. The predicted octanol–water partition coefficient (Wildman–Crippen LogP) is 5.23. The lowest BCUT2D eigenvalue weighted by molar-refractivity contribution is 0.460. The van der Waals surface area contributed by atoms with Crippen LogP contribution >= 0.6 is 0 Å². The van der Waals surface area contributed by atoms with E-state index in [2.05, 4.69) is 44.2 Å². The maximum absolute atomic E-state index is 10.5. The normalized spacial score (nSPS) is 11.1. The van der Waals surface area contributed by atoms with E-state index in [9.17, 15) is 5.11 Å². The Morgan fingerprint density at radius 2 is 1.63 bits per heavy atom. The van der Waals surface area contributed by atoms with Crippen molar-refractivity contribution < 1.29 is 5.11 Å². The highest BCUT2D eigenvalue weighted by molar-refractivity contribution is 5.88. The molecule has 0 aliphatic rings. The van der Waals surface area contributed by atoms with Crippen LogP contribution in [0.5, 0.6) is 5.75 Å². The molecule has 0 atom stereocenters. The summed E-state index contributed by atoms with van der Waals surface area (Å²) in [6.07, 6.45) is 6.55. The molecular formula is C18H24O. The second kappa shape index (κ2) is 6.60. The molecule has 0 amide bonds. The molecule has 19 heavy (non-hydrogen) atoms. The van der Waals surface area contributed by atoms with E-state index in [1.807, 2.05) is 0 Å². The Balaban J connectivity index is 2.49. The molecule has 0 aliphatic carbocycles. The highest BCUT2D eigenvalue weighted by Crippen LogP contribution is 2.33. The zero-order valence-corrected chi connectivity index (χ0v) is 12.1. The minimum atomic E-state index is 0.542. The number of phenolic OH excluding ortho intramolecular Hbond substituents is 1. The van der Waals surface area contributed by atoms with Gasteiger partial charge in [0.2, 0.25) is 0 Å². The number of aryl methyl sites for hydroxylation is 2. The van der Waals surface area contributed by atoms with Crippen LogP contribution in [0, 0.1) is 0 Å². The third kappa shape index (κ3) is 3.09. The maximum Gasteiger partial charge on any atom is 0.122 e. The topological polar surface area (TPSA) is 20.2 Å². The molecule has 2 aromatic rings. The van der Waals surface area contributed by atoms with Gasteiger partial charge in [0.25, 0.3) is 0 Å². The van der Waals surface area contributed by atoms with Crippen LogP contribution in [-0.2, 0) is 12.8 Å². The summed E-state index contributed by atoms with van der Waals surface area (Å²) in [6, 6.07) is 10.6. The van der Waals surface area contributed by atoms with Gasteiger partial charge in [-0.2, -0.15) is 0 Å². The molecule has 0 unspecified atom stereocenters. The molecule has 1 heteroatoms. The number of hydrogen-bond donors (Lipinski definition) is 1. The number of unbranched alkanes of at least 4 members (excludes halogenated alkanes) is 2. The Morgan fingerprint density at radius 1 is 0.947 bits per heavy atom. The summed E-state index contributed by atoms with van der Waals surface area (Å²) in [5.74, 6) is 0.542. The number of aromatic hydroxyl groups is 1. The van der Waals surface area contributed by atoms with Crippen LogP contribution in [0.15, 0.2) is 30.3 Å². The smallest absolute Gasteiger partial charge is 0.122 e. The maximum atomic E-state index is 10.5. The van der Waals surface area contributed by atoms with Gasteiger partial charge in [-0.05, 0) is 48.1 Å². The van der Waals surface area contributed by atoms with E-state index in [1.54, 1.807) is 0 Å². The monoisotopic (exact) mass is 256 g/mol. The Kier molecular flexibility index (Phi) is 4.84. The molecule has 0 aliphatic heterocycles. The van der Waals surface area contributed by atoms with Gasteiger partial charge < -0.3 is 5.11 Å². The molecule has 0 aromatic heterocycles. The lowest BCUT2D eigenvalue weighted by Crippen LogP contribution is -1.94. The van der Waals surface area contributed by atoms with E-state index in [-0.39, 0.29) is 0 Å². The van der Waals surface area contributed by atoms with Gasteiger partial charge >= 0.3 is 0 Å². The molecule has 0 bridgehead atoms. The molecule has 2 aromatic carbocycles. The first-order valence-electron chi connectivity index (χ1n) is 7.50. The zero-order chi connectivity index (χ0) is 13.7. The lowest BCUT2D eigenvalue weighted by atomic mass is 9.94. The SMILES string of the molecule is CCCCc1cc2ccccc2c(CCCC)c1O. The molecule has 2 rings (SSSR count). The fraction of sp³-hybridized carbons (Fsp3) is 0.444. The summed E-state index contributed by atoms with van der Waals surface area (Å²) in [4.78, 5) is 0. The number of phenols is 1. The average Bonchev–Trinajstić information content (AvgIpc) is 2.44. The van der Waals surface area contributed by atoms with Crippen LogP contribution in [0.4, 0.5) is 0 Å². The largest absolute Gasteiger partial charge is 0.507 e. The van der Waals surface area contributed by atoms with Crippen LogP contribution < -0.4 is 0 Å². The fourth-order valence-corrected chi connectivity index (χ4v) is 2.64. The molecule has 102 valence electrons. The van der Waals surface area contributed by atoms with Crippen LogP contribution in [0.1, 0.15) is 50.7 Å². The zero-order valence-electron chi connectivity index (χ0n) is 12.1. The minimum absolute atomic E-state index is 0.542. The second-order valence-corrected chi connectivity index (χ2v) is 5.29. The summed E-state index contributed by atoms with van der Waals surface area (Å²) < 4.78 is 0. The van der Waals surface area contributed by atoms with Gasteiger partial charge in [0.1, 0.15) is 5.75 Å². The summed E-state index contributed by atoms with van der Waals surface area (Å²) in [6.45, 7) is 4.39. The van der Waals surface area contributed by atoms with Crippen LogP contribution in [0.3, 0.4) is 0 Å². The van der Waals surface area contributed by atoms with Crippen molar-refractivity contribution >= 4 is 10.8 Å². The highest BCUT2D eigenvalue weighted by Gasteiger charge is 2.11. The van der Waals surface area contributed by atoms with Crippen LogP contribution in [-0.4, -0.2) is 5.11 Å². The molecular weight excluding hydrogens is 232 g/mol. The van der Waals surface area contributed by atoms with Gasteiger partial charge in [-0.3, -0.25) is 0 Å². The Morgan fingerprint density at radius 3 is 2.37 bits per heavy atom. The van der Waals surface area contributed by atoms with E-state index in [1.165, 1.54) is 10.8 Å². The van der Waals surface area contributed by atoms with Gasteiger partial charge in [0.15, 0.2) is 0 Å². The van der Waals surface area contributed by atoms with Gasteiger partial charge in [-0.1, -0.05) is 51.0 Å². The van der Waals surface area contributed by atoms with Crippen molar-refractivity contribution in [3.63, 3.8) is 0 Å². The van der Waals surface area contributed by atoms with Gasteiger partial charge in [0, 0.05) is 5.56 Å². The second-order valence-electron chi connectivity index (χ2n) is 5.29. The molecule has 0 radical (unpaired) electrons. The fourth-order valence-electron chi connectivity index (χ4n) is 2.64. The van der Waals surface area contributed by atoms with Crippen molar-refractivity contribution in [3.8, 4) is 5.75 Å². The summed E-state index contributed by atoms with van der Waals surface area (Å²) >= 11 is 0. The molecule has 0 spiro atoms. The Bertz CT molecular complexity index is 543. The molecule has 0 saturated carbocycles. The van der Waals surface area contributed by atoms with Crippen molar-refractivity contribution in [3.05, 3.63) is 41.5 Å². The average molecular weight is 256 g/mol. The Hall–Kier alpha value is -1.50. The first-order valence-corrected chi connectivity index (χ1v) is 7.50. The van der Waals surface area contributed by atoms with Crippen LogP contribution in [0.25, 0.3) is 10.8 Å². The van der Waals surface area contributed by atoms with E-state index < -0.39 is 0 Å². The van der Waals surface area contributed by atoms with Gasteiger partial charge in [-0.25, -0.2) is 0 Å². The number of hydrogen-bond acceptors (Lipinski definition) is 1. The highest BCUT2D eigenvalue weighted by atomic mass is 16.3. The van der Waals surface area contributed by atoms with Crippen molar-refractivity contribution in [1.82, 2.24) is 0 Å². The number of rotatable bonds is 6. The van der Waals surface area contributed by atoms with E-state index >= 15 is 0 Å². The van der Waals surface area contributed by atoms with E-state index in [4.69, 9.17) is 0 Å². The summed E-state index contributed by atoms with van der Waals surface area (Å²) in [7, 11) is 0. The summed E-state index contributed by atoms with van der Waals surface area (Å²) in [5, 5.41) is 13.0. The molecule has 0 saturated heterocycles. The molecule has 0 heterocycles. The quantitative estimate of drug-likeness (QED) is 0.750. The first-order chi connectivity index (χ1) is 9.27. The Labute approximate surface area is 116 Å². The lowest BCUT2D eigenvalue weighted by Gasteiger charge is -2.13. The third-order valence-corrected chi connectivity index (χ3v) is 3.79. The summed E-state index contributed by atoms with van der Waals surface area (Å²) in [5.41, 5.74) is 2.26. The van der Waals surface area contributed by atoms with Crippen molar-refractivity contribution in [2.45, 2.75) is 52.4 Å². The number of fused-ring (bicyclic) bond motifs is 1. The van der Waals surface area contributed by atoms with Crippen molar-refractivity contribution in [2.24, 2.45) is 0 Å². The first kappa shape index (κ1) is 13.9. The third-order valence-electron chi connectivity index (χ3n) is 3.79. The van der Waals surface area contributed by atoms with E-state index in [0.717, 1.165) is 49.7 Å². The van der Waals surface area contributed by atoms with E-state index in [0.29, 0.717) is 5.75 Å². The van der Waals surface area contributed by atoms with Crippen molar-refractivity contribution in [2.75, 3.05) is 0 Å². The molecule has 0 fully saturated rings. The predicted molar refractivity (Wildman–Crippen MR) is 82.8 cm³/mol. The minimum Gasteiger partial charge on any atom is -0.507 e. The van der Waals surface area contributed by atoms with Crippen molar-refractivity contribution in [1.29, 1.82) is 0 Å². The number of benzene rings is 2. The van der Waals surface area contributed by atoms with Gasteiger partial charge in [-0.15, -0.1) is 0 Å². The molecule has 1 N–H and O–H groups in total. The van der Waals surface area contributed by atoms with Gasteiger partial charge in [0.05, 0.1) is 0 Å².